The molecule has 132 valence electrons. The molecule has 0 saturated carbocycles. The number of benzene rings is 2. The van der Waals surface area contributed by atoms with E-state index >= 15 is 0 Å². The van der Waals surface area contributed by atoms with E-state index in [2.05, 4.69) is 15.0 Å². The Morgan fingerprint density at radius 3 is 2.76 bits per heavy atom. The van der Waals surface area contributed by atoms with Gasteiger partial charge in [-0.15, -0.1) is 0 Å². The molecule has 0 atom stereocenters. The van der Waals surface area contributed by atoms with Crippen molar-refractivity contribution in [1.82, 2.24) is 5.32 Å². The number of para-hydroxylation sites is 1. The molecule has 1 heterocycles. The zero-order chi connectivity index (χ0) is 17.7. The van der Waals surface area contributed by atoms with Gasteiger partial charge in [0.1, 0.15) is 19.0 Å². The topological polar surface area (TPSA) is 115 Å². The molecular formula is C16H18N4O4S. The second-order valence-electron chi connectivity index (χ2n) is 5.28. The Hall–Kier alpha value is -2.78. The summed E-state index contributed by atoms with van der Waals surface area (Å²) in [6, 6.07) is 14.9. The first-order valence-corrected chi connectivity index (χ1v) is 9.11. The number of nitrogens with two attached hydrogens (primary N) is 1. The summed E-state index contributed by atoms with van der Waals surface area (Å²) < 4.78 is 35.4. The summed E-state index contributed by atoms with van der Waals surface area (Å²) in [4.78, 5) is 4.35. The van der Waals surface area contributed by atoms with Crippen LogP contribution in [-0.4, -0.2) is 27.6 Å². The van der Waals surface area contributed by atoms with E-state index in [9.17, 15) is 8.42 Å². The zero-order valence-electron chi connectivity index (χ0n) is 13.3. The standard InChI is InChI=1S/C16H18N4O4S/c17-25(21,22)20-13-6-7-15-12(10-13)11-24-16(19-15)18-8-9-23-14-4-2-1-3-5-14/h1-7,10,20H,8-9,11H2,(H,18,19)(H2,17,21,22). The Bertz CT molecular complexity index is 869. The SMILES string of the molecule is NS(=O)(=O)Nc1ccc2c(c1)COC(NCCOc1ccccc1)=N2. The minimum Gasteiger partial charge on any atom is -0.492 e. The number of ether oxygens (including phenoxy) is 2. The number of hydrogen-bond donors (Lipinski definition) is 3. The van der Waals surface area contributed by atoms with Crippen LogP contribution < -0.4 is 19.9 Å². The maximum Gasteiger partial charge on any atom is 0.296 e. The molecule has 0 radical (unpaired) electrons. The molecule has 0 saturated heterocycles. The number of amidine groups is 1. The van der Waals surface area contributed by atoms with Crippen molar-refractivity contribution >= 4 is 27.6 Å². The molecule has 0 aliphatic carbocycles. The molecule has 4 N–H and O–H groups in total. The van der Waals surface area contributed by atoms with E-state index in [1.54, 1.807) is 18.2 Å². The summed E-state index contributed by atoms with van der Waals surface area (Å²) >= 11 is 0. The Kier molecular flexibility index (Phi) is 5.05. The molecule has 0 aromatic heterocycles. The van der Waals surface area contributed by atoms with Gasteiger partial charge in [-0.3, -0.25) is 4.72 Å². The van der Waals surface area contributed by atoms with Gasteiger partial charge in [-0.2, -0.15) is 13.4 Å². The van der Waals surface area contributed by atoms with Gasteiger partial charge in [0.2, 0.25) is 0 Å². The third-order valence-electron chi connectivity index (χ3n) is 3.32. The van der Waals surface area contributed by atoms with Crippen molar-refractivity contribution in [3.63, 3.8) is 0 Å². The first-order chi connectivity index (χ1) is 12.0. The highest BCUT2D eigenvalue weighted by atomic mass is 32.2. The van der Waals surface area contributed by atoms with Crippen LogP contribution in [0.2, 0.25) is 0 Å². The van der Waals surface area contributed by atoms with Gasteiger partial charge < -0.3 is 14.8 Å². The summed E-state index contributed by atoms with van der Waals surface area (Å²) in [6.07, 6.45) is 0. The fraction of sp³-hybridized carbons (Fsp3) is 0.188. The smallest absolute Gasteiger partial charge is 0.296 e. The molecule has 0 bridgehead atoms. The van der Waals surface area contributed by atoms with Crippen molar-refractivity contribution in [3.05, 3.63) is 54.1 Å². The third-order valence-corrected chi connectivity index (χ3v) is 3.84. The molecule has 8 nitrogen and oxygen atoms in total. The maximum absolute atomic E-state index is 11.1. The highest BCUT2D eigenvalue weighted by molar-refractivity contribution is 7.90. The highest BCUT2D eigenvalue weighted by Gasteiger charge is 2.14. The van der Waals surface area contributed by atoms with Gasteiger partial charge >= 0.3 is 0 Å². The normalized spacial score (nSPS) is 13.2. The average Bonchev–Trinajstić information content (AvgIpc) is 2.58. The van der Waals surface area contributed by atoms with Crippen molar-refractivity contribution < 1.29 is 17.9 Å². The summed E-state index contributed by atoms with van der Waals surface area (Å²) in [5.41, 5.74) is 1.84. The van der Waals surface area contributed by atoms with Gasteiger partial charge in [0, 0.05) is 5.56 Å². The van der Waals surface area contributed by atoms with Gasteiger partial charge in [0.05, 0.1) is 17.9 Å². The third kappa shape index (κ3) is 5.10. The molecule has 25 heavy (non-hydrogen) atoms. The minimum atomic E-state index is -3.81. The quantitative estimate of drug-likeness (QED) is 0.674. The maximum atomic E-state index is 11.1. The number of rotatable bonds is 6. The second-order valence-corrected chi connectivity index (χ2v) is 6.58. The summed E-state index contributed by atoms with van der Waals surface area (Å²) in [6.45, 7) is 1.28. The number of nitrogens with zero attached hydrogens (tertiary/aromatic N) is 1. The van der Waals surface area contributed by atoms with Crippen LogP contribution in [0.3, 0.4) is 0 Å². The Balaban J connectivity index is 1.55. The molecule has 1 aliphatic rings. The molecule has 0 fully saturated rings. The molecular weight excluding hydrogens is 344 g/mol. The molecule has 9 heteroatoms. The average molecular weight is 362 g/mol. The van der Waals surface area contributed by atoms with E-state index in [4.69, 9.17) is 14.6 Å². The molecule has 2 aromatic rings. The number of fused-ring (bicyclic) bond motifs is 1. The van der Waals surface area contributed by atoms with Crippen LogP contribution in [-0.2, 0) is 21.6 Å². The van der Waals surface area contributed by atoms with E-state index in [1.807, 2.05) is 30.3 Å². The van der Waals surface area contributed by atoms with Crippen LogP contribution in [0.1, 0.15) is 5.56 Å². The van der Waals surface area contributed by atoms with Gasteiger partial charge in [0.15, 0.2) is 0 Å². The number of hydrogen-bond acceptors (Lipinski definition) is 6. The lowest BCUT2D eigenvalue weighted by atomic mass is 10.1. The number of aliphatic imine (C=N–C) groups is 1. The largest absolute Gasteiger partial charge is 0.492 e. The van der Waals surface area contributed by atoms with Gasteiger partial charge in [-0.1, -0.05) is 18.2 Å². The Morgan fingerprint density at radius 2 is 2.00 bits per heavy atom. The number of nitrogens with one attached hydrogen (secondary N) is 2. The molecule has 0 amide bonds. The van der Waals surface area contributed by atoms with Crippen LogP contribution >= 0.6 is 0 Å². The first kappa shape index (κ1) is 17.1. The molecule has 1 aliphatic heterocycles. The summed E-state index contributed by atoms with van der Waals surface area (Å²) in [7, 11) is -3.81. The van der Waals surface area contributed by atoms with Crippen molar-refractivity contribution in [1.29, 1.82) is 0 Å². The Labute approximate surface area is 145 Å². The summed E-state index contributed by atoms with van der Waals surface area (Å²) in [5, 5.41) is 8.01. The monoisotopic (exact) mass is 362 g/mol. The van der Waals surface area contributed by atoms with Crippen LogP contribution in [0.4, 0.5) is 11.4 Å². The Morgan fingerprint density at radius 1 is 1.20 bits per heavy atom. The van der Waals surface area contributed by atoms with E-state index in [0.29, 0.717) is 30.5 Å². The predicted octanol–water partition coefficient (Wildman–Crippen LogP) is 1.49. The van der Waals surface area contributed by atoms with E-state index in [-0.39, 0.29) is 6.61 Å². The summed E-state index contributed by atoms with van der Waals surface area (Å²) in [5.74, 6) is 0.802. The van der Waals surface area contributed by atoms with Crippen LogP contribution in [0.15, 0.2) is 53.5 Å². The lowest BCUT2D eigenvalue weighted by molar-refractivity contribution is 0.263. The first-order valence-electron chi connectivity index (χ1n) is 7.56. The van der Waals surface area contributed by atoms with E-state index in [0.717, 1.165) is 11.3 Å². The second kappa shape index (κ2) is 7.41. The fourth-order valence-corrected chi connectivity index (χ4v) is 2.72. The van der Waals surface area contributed by atoms with Crippen LogP contribution in [0.5, 0.6) is 5.75 Å². The highest BCUT2D eigenvalue weighted by Crippen LogP contribution is 2.27. The molecule has 3 rings (SSSR count). The van der Waals surface area contributed by atoms with Crippen molar-refractivity contribution in [2.45, 2.75) is 6.61 Å². The lowest BCUT2D eigenvalue weighted by Crippen LogP contribution is -2.31. The zero-order valence-corrected chi connectivity index (χ0v) is 14.1. The van der Waals surface area contributed by atoms with Gasteiger partial charge in [-0.25, -0.2) is 5.14 Å². The van der Waals surface area contributed by atoms with Crippen molar-refractivity contribution in [2.75, 3.05) is 17.9 Å². The predicted molar refractivity (Wildman–Crippen MR) is 95.0 cm³/mol. The van der Waals surface area contributed by atoms with Gasteiger partial charge in [0.25, 0.3) is 16.2 Å². The lowest BCUT2D eigenvalue weighted by Gasteiger charge is -2.18. The van der Waals surface area contributed by atoms with Crippen molar-refractivity contribution in [3.8, 4) is 5.75 Å². The van der Waals surface area contributed by atoms with E-state index in [1.165, 1.54) is 0 Å². The van der Waals surface area contributed by atoms with Crippen molar-refractivity contribution in [2.24, 2.45) is 10.1 Å². The van der Waals surface area contributed by atoms with Crippen LogP contribution in [0.25, 0.3) is 0 Å². The molecule has 0 spiro atoms. The van der Waals surface area contributed by atoms with E-state index < -0.39 is 10.2 Å². The van der Waals surface area contributed by atoms with Gasteiger partial charge in [-0.05, 0) is 30.3 Å². The number of anilines is 1. The van der Waals surface area contributed by atoms with Crippen LogP contribution in [0, 0.1) is 0 Å². The fourth-order valence-electron chi connectivity index (χ4n) is 2.26. The minimum absolute atomic E-state index is 0.279. The molecule has 2 aromatic carbocycles. The molecule has 0 unspecified atom stereocenters.